The van der Waals surface area contributed by atoms with Crippen molar-refractivity contribution in [2.24, 2.45) is 5.41 Å². The summed E-state index contributed by atoms with van der Waals surface area (Å²) in [5.74, 6) is -0.111. The van der Waals surface area contributed by atoms with E-state index in [1.54, 1.807) is 6.07 Å². The van der Waals surface area contributed by atoms with Crippen LogP contribution in [0.1, 0.15) is 56.8 Å². The molecule has 0 spiro atoms. The molecule has 4 heteroatoms. The Hall–Kier alpha value is -0.540. The third kappa shape index (κ3) is 5.45. The van der Waals surface area contributed by atoms with Crippen LogP contribution in [0.25, 0.3) is 0 Å². The van der Waals surface area contributed by atoms with Gasteiger partial charge in [-0.2, -0.15) is 0 Å². The van der Waals surface area contributed by atoms with E-state index in [1.807, 2.05) is 12.1 Å². The second-order valence-corrected chi connectivity index (χ2v) is 7.14. The molecular formula is C16H23BrClNO. The largest absolute Gasteiger partial charge is 0.351 e. The highest BCUT2D eigenvalue weighted by Crippen LogP contribution is 2.27. The maximum atomic E-state index is 12.2. The maximum Gasteiger partial charge on any atom is 0.252 e. The minimum absolute atomic E-state index is 0.111. The van der Waals surface area contributed by atoms with Crippen LogP contribution in [0.2, 0.25) is 5.02 Å². The zero-order valence-electron chi connectivity index (χ0n) is 12.4. The van der Waals surface area contributed by atoms with Crippen molar-refractivity contribution in [1.29, 1.82) is 0 Å². The van der Waals surface area contributed by atoms with Crippen molar-refractivity contribution in [2.75, 3.05) is 6.54 Å². The smallest absolute Gasteiger partial charge is 0.252 e. The molecule has 0 aliphatic carbocycles. The minimum Gasteiger partial charge on any atom is -0.351 e. The van der Waals surface area contributed by atoms with Gasteiger partial charge in [-0.1, -0.05) is 57.7 Å². The van der Waals surface area contributed by atoms with Crippen molar-refractivity contribution in [3.8, 4) is 0 Å². The predicted molar refractivity (Wildman–Crippen MR) is 89.4 cm³/mol. The Morgan fingerprint density at radius 1 is 1.35 bits per heavy atom. The molecule has 0 aliphatic heterocycles. The first-order valence-electron chi connectivity index (χ1n) is 7.09. The van der Waals surface area contributed by atoms with Crippen LogP contribution in [0.15, 0.2) is 22.7 Å². The minimum atomic E-state index is -0.111. The summed E-state index contributed by atoms with van der Waals surface area (Å²) in [7, 11) is 0. The summed E-state index contributed by atoms with van der Waals surface area (Å²) < 4.78 is 0.744. The van der Waals surface area contributed by atoms with Gasteiger partial charge in [-0.05, 0) is 39.9 Å². The van der Waals surface area contributed by atoms with Crippen molar-refractivity contribution < 1.29 is 4.79 Å². The van der Waals surface area contributed by atoms with E-state index in [0.717, 1.165) is 10.9 Å². The molecule has 0 heterocycles. The molecule has 20 heavy (non-hydrogen) atoms. The lowest BCUT2D eigenvalue weighted by Gasteiger charge is -2.25. The lowest BCUT2D eigenvalue weighted by Crippen LogP contribution is -2.34. The first-order valence-corrected chi connectivity index (χ1v) is 8.26. The molecular weight excluding hydrogens is 338 g/mol. The fourth-order valence-electron chi connectivity index (χ4n) is 2.04. The maximum absolute atomic E-state index is 12.2. The number of hydrogen-bond acceptors (Lipinski definition) is 1. The SMILES string of the molecule is CCCCCC(C)(C)CNC(=O)c1cccc(Br)c1Cl. The van der Waals surface area contributed by atoms with Crippen molar-refractivity contribution >= 4 is 33.4 Å². The van der Waals surface area contributed by atoms with E-state index in [1.165, 1.54) is 19.3 Å². The summed E-state index contributed by atoms with van der Waals surface area (Å²) in [6.07, 6.45) is 4.79. The van der Waals surface area contributed by atoms with E-state index < -0.39 is 0 Å². The van der Waals surface area contributed by atoms with Gasteiger partial charge in [0.15, 0.2) is 0 Å². The number of halogens is 2. The van der Waals surface area contributed by atoms with Crippen molar-refractivity contribution in [1.82, 2.24) is 5.32 Å². The molecule has 0 radical (unpaired) electrons. The van der Waals surface area contributed by atoms with Gasteiger partial charge in [0.05, 0.1) is 10.6 Å². The fraction of sp³-hybridized carbons (Fsp3) is 0.562. The highest BCUT2D eigenvalue weighted by atomic mass is 79.9. The standard InChI is InChI=1S/C16H23BrClNO/c1-4-5-6-10-16(2,3)11-19-15(20)12-8-7-9-13(17)14(12)18/h7-9H,4-6,10-11H2,1-3H3,(H,19,20). The molecule has 112 valence electrons. The summed E-state index contributed by atoms with van der Waals surface area (Å²) in [6.45, 7) is 7.24. The van der Waals surface area contributed by atoms with Crippen LogP contribution in [-0.2, 0) is 0 Å². The molecule has 0 bridgehead atoms. The lowest BCUT2D eigenvalue weighted by molar-refractivity contribution is 0.0934. The Morgan fingerprint density at radius 3 is 2.70 bits per heavy atom. The Morgan fingerprint density at radius 2 is 2.05 bits per heavy atom. The van der Waals surface area contributed by atoms with Gasteiger partial charge in [0.2, 0.25) is 0 Å². The van der Waals surface area contributed by atoms with Gasteiger partial charge in [-0.15, -0.1) is 0 Å². The van der Waals surface area contributed by atoms with Crippen molar-refractivity contribution in [3.63, 3.8) is 0 Å². The zero-order valence-corrected chi connectivity index (χ0v) is 14.8. The Balaban J connectivity index is 2.56. The second-order valence-electron chi connectivity index (χ2n) is 5.91. The molecule has 0 aromatic heterocycles. The first kappa shape index (κ1) is 17.5. The molecule has 0 unspecified atom stereocenters. The number of unbranched alkanes of at least 4 members (excludes halogenated alkanes) is 2. The van der Waals surface area contributed by atoms with Gasteiger partial charge in [-0.3, -0.25) is 4.79 Å². The summed E-state index contributed by atoms with van der Waals surface area (Å²) >= 11 is 9.47. The molecule has 1 amide bonds. The third-order valence-corrected chi connectivity index (χ3v) is 4.68. The number of carbonyl (C=O) groups is 1. The van der Waals surface area contributed by atoms with Gasteiger partial charge in [0.1, 0.15) is 0 Å². The topological polar surface area (TPSA) is 29.1 Å². The molecule has 0 atom stereocenters. The highest BCUT2D eigenvalue weighted by molar-refractivity contribution is 9.10. The lowest BCUT2D eigenvalue weighted by atomic mass is 9.87. The molecule has 1 aromatic carbocycles. The third-order valence-electron chi connectivity index (χ3n) is 3.38. The average molecular weight is 361 g/mol. The van der Waals surface area contributed by atoms with Crippen LogP contribution in [0.5, 0.6) is 0 Å². The van der Waals surface area contributed by atoms with E-state index in [-0.39, 0.29) is 11.3 Å². The monoisotopic (exact) mass is 359 g/mol. The van der Waals surface area contributed by atoms with E-state index in [0.29, 0.717) is 17.1 Å². The summed E-state index contributed by atoms with van der Waals surface area (Å²) in [5.41, 5.74) is 0.633. The number of benzene rings is 1. The summed E-state index contributed by atoms with van der Waals surface area (Å²) in [4.78, 5) is 12.2. The van der Waals surface area contributed by atoms with Gasteiger partial charge in [0.25, 0.3) is 5.91 Å². The van der Waals surface area contributed by atoms with Gasteiger partial charge < -0.3 is 5.32 Å². The molecule has 0 fully saturated rings. The van der Waals surface area contributed by atoms with Crippen LogP contribution in [0, 0.1) is 5.41 Å². The number of carbonyl (C=O) groups excluding carboxylic acids is 1. The van der Waals surface area contributed by atoms with Crippen LogP contribution in [0.3, 0.4) is 0 Å². The Labute approximate surface area is 135 Å². The summed E-state index contributed by atoms with van der Waals surface area (Å²) in [6, 6.07) is 5.39. The van der Waals surface area contributed by atoms with Crippen LogP contribution in [0.4, 0.5) is 0 Å². The summed E-state index contributed by atoms with van der Waals surface area (Å²) in [5, 5.41) is 3.46. The van der Waals surface area contributed by atoms with E-state index in [2.05, 4.69) is 42.0 Å². The number of nitrogens with one attached hydrogen (secondary N) is 1. The fourth-order valence-corrected chi connectivity index (χ4v) is 2.61. The second kappa shape index (κ2) is 8.04. The molecule has 2 nitrogen and oxygen atoms in total. The highest BCUT2D eigenvalue weighted by Gasteiger charge is 2.20. The quantitative estimate of drug-likeness (QED) is 0.645. The van der Waals surface area contributed by atoms with E-state index in [9.17, 15) is 4.79 Å². The Kier molecular flexibility index (Phi) is 7.04. The number of hydrogen-bond donors (Lipinski definition) is 1. The van der Waals surface area contributed by atoms with E-state index >= 15 is 0 Å². The number of amides is 1. The van der Waals surface area contributed by atoms with Crippen LogP contribution in [-0.4, -0.2) is 12.5 Å². The number of rotatable bonds is 7. The van der Waals surface area contributed by atoms with Crippen molar-refractivity contribution in [3.05, 3.63) is 33.3 Å². The zero-order chi connectivity index (χ0) is 15.2. The van der Waals surface area contributed by atoms with E-state index in [4.69, 9.17) is 11.6 Å². The normalized spacial score (nSPS) is 11.4. The van der Waals surface area contributed by atoms with Gasteiger partial charge >= 0.3 is 0 Å². The molecule has 0 aliphatic rings. The molecule has 1 rings (SSSR count). The average Bonchev–Trinajstić information content (AvgIpc) is 2.39. The van der Waals surface area contributed by atoms with Crippen molar-refractivity contribution in [2.45, 2.75) is 46.5 Å². The van der Waals surface area contributed by atoms with Crippen LogP contribution < -0.4 is 5.32 Å². The van der Waals surface area contributed by atoms with Crippen LogP contribution >= 0.6 is 27.5 Å². The van der Waals surface area contributed by atoms with Gasteiger partial charge in [-0.25, -0.2) is 0 Å². The molecule has 0 saturated carbocycles. The predicted octanol–water partition coefficient (Wildman–Crippen LogP) is 5.44. The molecule has 1 N–H and O–H groups in total. The molecule has 1 aromatic rings. The first-order chi connectivity index (χ1) is 9.37. The molecule has 0 saturated heterocycles. The Bertz CT molecular complexity index is 460. The van der Waals surface area contributed by atoms with Gasteiger partial charge in [0, 0.05) is 11.0 Å².